The molecule has 2 N–H and O–H groups in total. The minimum Gasteiger partial charge on any atom is -0.484 e. The quantitative estimate of drug-likeness (QED) is 0.477. The number of carbonyl (C=O) groups excluding carboxylic acids is 1. The Kier molecular flexibility index (Phi) is 8.69. The van der Waals surface area contributed by atoms with E-state index in [1.54, 1.807) is 38.1 Å². The smallest absolute Gasteiger partial charge is 0.257 e. The minimum absolute atomic E-state index is 0.122. The maximum absolute atomic E-state index is 12.6. The third-order valence-corrected chi connectivity index (χ3v) is 8.84. The third kappa shape index (κ3) is 7.02. The lowest BCUT2D eigenvalue weighted by molar-refractivity contribution is -0.123. The molecular formula is C23H31N3O6S2. The number of benzene rings is 2. The van der Waals surface area contributed by atoms with Crippen LogP contribution in [-0.2, 0) is 31.3 Å². The molecule has 1 heterocycles. The van der Waals surface area contributed by atoms with Gasteiger partial charge in [-0.25, -0.2) is 21.6 Å². The Labute approximate surface area is 201 Å². The van der Waals surface area contributed by atoms with E-state index in [2.05, 4.69) is 10.0 Å². The maximum atomic E-state index is 12.6. The predicted octanol–water partition coefficient (Wildman–Crippen LogP) is 1.90. The van der Waals surface area contributed by atoms with Crippen molar-refractivity contribution in [1.82, 2.24) is 14.3 Å². The van der Waals surface area contributed by atoms with Gasteiger partial charge < -0.3 is 10.1 Å². The van der Waals surface area contributed by atoms with Crippen molar-refractivity contribution in [3.05, 3.63) is 54.1 Å². The molecule has 0 saturated carbocycles. The number of rotatable bonds is 11. The number of hydrogen-bond acceptors (Lipinski definition) is 6. The number of nitrogens with zero attached hydrogens (tertiary/aromatic N) is 1. The third-order valence-electron chi connectivity index (χ3n) is 5.26. The van der Waals surface area contributed by atoms with Gasteiger partial charge in [-0.15, -0.1) is 0 Å². The van der Waals surface area contributed by atoms with Crippen molar-refractivity contribution in [1.29, 1.82) is 0 Å². The fourth-order valence-electron chi connectivity index (χ4n) is 3.55. The predicted molar refractivity (Wildman–Crippen MR) is 129 cm³/mol. The number of amides is 1. The van der Waals surface area contributed by atoms with Crippen molar-refractivity contribution in [2.45, 2.75) is 48.9 Å². The summed E-state index contributed by atoms with van der Waals surface area (Å²) in [5.74, 6) is 0.0693. The van der Waals surface area contributed by atoms with Gasteiger partial charge in [0.15, 0.2) is 6.61 Å². The Hall–Kier alpha value is -2.47. The first kappa shape index (κ1) is 26.1. The summed E-state index contributed by atoms with van der Waals surface area (Å²) in [5, 5.41) is 2.75. The normalized spacial score (nSPS) is 14.9. The second kappa shape index (κ2) is 11.3. The average molecular weight is 510 g/mol. The summed E-state index contributed by atoms with van der Waals surface area (Å²) < 4.78 is 58.8. The lowest BCUT2D eigenvalue weighted by Gasteiger charge is -2.15. The first-order chi connectivity index (χ1) is 16.1. The summed E-state index contributed by atoms with van der Waals surface area (Å²) in [7, 11) is -7.01. The highest BCUT2D eigenvalue weighted by Gasteiger charge is 2.26. The van der Waals surface area contributed by atoms with Crippen molar-refractivity contribution < 1.29 is 26.4 Å². The van der Waals surface area contributed by atoms with Crippen LogP contribution in [-0.4, -0.2) is 59.3 Å². The molecule has 3 rings (SSSR count). The molecule has 0 atom stereocenters. The van der Waals surface area contributed by atoms with E-state index in [1.165, 1.54) is 28.6 Å². The zero-order valence-corrected chi connectivity index (χ0v) is 21.0. The molecule has 0 radical (unpaired) electrons. The van der Waals surface area contributed by atoms with Gasteiger partial charge in [0.1, 0.15) is 5.75 Å². The van der Waals surface area contributed by atoms with Crippen LogP contribution < -0.4 is 14.8 Å². The molecule has 1 fully saturated rings. The van der Waals surface area contributed by atoms with Crippen molar-refractivity contribution >= 4 is 26.0 Å². The van der Waals surface area contributed by atoms with Crippen LogP contribution in [0.4, 0.5) is 0 Å². The van der Waals surface area contributed by atoms with Crippen molar-refractivity contribution in [2.75, 3.05) is 26.2 Å². The molecule has 11 heteroatoms. The van der Waals surface area contributed by atoms with E-state index in [0.29, 0.717) is 31.8 Å². The van der Waals surface area contributed by atoms with Crippen LogP contribution in [0.2, 0.25) is 0 Å². The molecule has 0 unspecified atom stereocenters. The van der Waals surface area contributed by atoms with Crippen molar-refractivity contribution in [3.8, 4) is 5.75 Å². The summed E-state index contributed by atoms with van der Waals surface area (Å²) in [5.41, 5.74) is 0.911. The summed E-state index contributed by atoms with van der Waals surface area (Å²) >= 11 is 0. The number of carbonyl (C=O) groups is 1. The number of sulfonamides is 2. The maximum Gasteiger partial charge on any atom is 0.257 e. The SMILES string of the molecule is CC(C)NS(=O)(=O)c1ccc(OCC(=O)NCCc2ccc(S(=O)(=O)N3CCCC3)cc2)cc1. The Morgan fingerprint density at radius 1 is 0.941 bits per heavy atom. The molecule has 9 nitrogen and oxygen atoms in total. The van der Waals surface area contributed by atoms with E-state index in [-0.39, 0.29) is 28.3 Å². The Balaban J connectivity index is 1.42. The highest BCUT2D eigenvalue weighted by atomic mass is 32.2. The lowest BCUT2D eigenvalue weighted by atomic mass is 10.1. The molecule has 186 valence electrons. The van der Waals surface area contributed by atoms with Crippen LogP contribution in [0.3, 0.4) is 0 Å². The van der Waals surface area contributed by atoms with Crippen LogP contribution >= 0.6 is 0 Å². The number of nitrogens with one attached hydrogen (secondary N) is 2. The molecule has 0 aliphatic carbocycles. The summed E-state index contributed by atoms with van der Waals surface area (Å²) in [6.45, 7) is 4.78. The van der Waals surface area contributed by atoms with E-state index in [1.807, 2.05) is 0 Å². The van der Waals surface area contributed by atoms with Crippen LogP contribution in [0.5, 0.6) is 5.75 Å². The van der Waals surface area contributed by atoms with Gasteiger partial charge in [0.2, 0.25) is 20.0 Å². The summed E-state index contributed by atoms with van der Waals surface area (Å²) in [4.78, 5) is 12.5. The first-order valence-electron chi connectivity index (χ1n) is 11.2. The fourth-order valence-corrected chi connectivity index (χ4v) is 6.31. The van der Waals surface area contributed by atoms with Gasteiger partial charge in [0.05, 0.1) is 9.79 Å². The zero-order valence-electron chi connectivity index (χ0n) is 19.4. The molecule has 0 spiro atoms. The van der Waals surface area contributed by atoms with E-state index in [0.717, 1.165) is 18.4 Å². The van der Waals surface area contributed by atoms with Gasteiger partial charge in [-0.3, -0.25) is 4.79 Å². The molecule has 1 amide bonds. The largest absolute Gasteiger partial charge is 0.484 e. The highest BCUT2D eigenvalue weighted by Crippen LogP contribution is 2.21. The van der Waals surface area contributed by atoms with Crippen LogP contribution in [0, 0.1) is 0 Å². The Morgan fingerprint density at radius 3 is 2.12 bits per heavy atom. The first-order valence-corrected chi connectivity index (χ1v) is 14.1. The molecule has 1 saturated heterocycles. The van der Waals surface area contributed by atoms with Gasteiger partial charge in [-0.1, -0.05) is 12.1 Å². The van der Waals surface area contributed by atoms with Crippen LogP contribution in [0.1, 0.15) is 32.3 Å². The van der Waals surface area contributed by atoms with Crippen molar-refractivity contribution in [2.24, 2.45) is 0 Å². The number of hydrogen-bond donors (Lipinski definition) is 2. The van der Waals surface area contributed by atoms with E-state index < -0.39 is 20.0 Å². The average Bonchev–Trinajstić information content (AvgIpc) is 3.33. The molecule has 0 aromatic heterocycles. The van der Waals surface area contributed by atoms with Gasteiger partial charge in [-0.05, 0) is 75.1 Å². The summed E-state index contributed by atoms with van der Waals surface area (Å²) in [6, 6.07) is 12.4. The number of ether oxygens (including phenoxy) is 1. The molecule has 2 aromatic carbocycles. The van der Waals surface area contributed by atoms with E-state index in [4.69, 9.17) is 4.74 Å². The molecule has 34 heavy (non-hydrogen) atoms. The molecule has 1 aliphatic rings. The molecular weight excluding hydrogens is 478 g/mol. The van der Waals surface area contributed by atoms with E-state index >= 15 is 0 Å². The Bertz CT molecular complexity index is 1170. The van der Waals surface area contributed by atoms with Gasteiger partial charge in [0, 0.05) is 25.7 Å². The molecule has 1 aliphatic heterocycles. The van der Waals surface area contributed by atoms with E-state index in [9.17, 15) is 21.6 Å². The fraction of sp³-hybridized carbons (Fsp3) is 0.435. The lowest BCUT2D eigenvalue weighted by Crippen LogP contribution is -2.31. The second-order valence-electron chi connectivity index (χ2n) is 8.39. The molecule has 0 bridgehead atoms. The summed E-state index contributed by atoms with van der Waals surface area (Å²) in [6.07, 6.45) is 2.33. The van der Waals surface area contributed by atoms with Crippen LogP contribution in [0.15, 0.2) is 58.3 Å². The Morgan fingerprint density at radius 2 is 1.53 bits per heavy atom. The zero-order chi connectivity index (χ0) is 24.8. The monoisotopic (exact) mass is 509 g/mol. The minimum atomic E-state index is -3.58. The standard InChI is InChI=1S/C23H31N3O6S2/c1-18(2)25-33(28,29)21-11-7-20(8-12-21)32-17-23(27)24-14-13-19-5-9-22(10-6-19)34(30,31)26-15-3-4-16-26/h5-12,18,25H,3-4,13-17H2,1-2H3,(H,24,27). The van der Waals surface area contributed by atoms with Gasteiger partial charge >= 0.3 is 0 Å². The molecule has 2 aromatic rings. The highest BCUT2D eigenvalue weighted by molar-refractivity contribution is 7.89. The topological polar surface area (TPSA) is 122 Å². The van der Waals surface area contributed by atoms with Gasteiger partial charge in [0.25, 0.3) is 5.91 Å². The van der Waals surface area contributed by atoms with Crippen molar-refractivity contribution in [3.63, 3.8) is 0 Å². The van der Waals surface area contributed by atoms with Crippen LogP contribution in [0.25, 0.3) is 0 Å². The second-order valence-corrected chi connectivity index (χ2v) is 12.0. The van der Waals surface area contributed by atoms with Gasteiger partial charge in [-0.2, -0.15) is 4.31 Å².